The number of carbonyl (C=O) groups excluding carboxylic acids is 1. The van der Waals surface area contributed by atoms with Crippen LogP contribution in [0.1, 0.15) is 15.9 Å². The Labute approximate surface area is 86.6 Å². The normalized spacial score (nSPS) is 11.5. The number of rotatable bonds is 1. The monoisotopic (exact) mass is 241 g/mol. The molecule has 0 spiro atoms. The Kier molecular flexibility index (Phi) is 2.90. The number of hydrogen-bond donors (Lipinski definition) is 1. The third-order valence-electron chi connectivity index (χ3n) is 1.61. The summed E-state index contributed by atoms with van der Waals surface area (Å²) in [4.78, 5) is 10.7. The first-order valence-corrected chi connectivity index (χ1v) is 3.97. The minimum Gasteiger partial charge on any atom is -0.366 e. The van der Waals surface area contributed by atoms with Crippen LogP contribution in [-0.2, 0) is 6.18 Å². The highest BCUT2D eigenvalue weighted by molar-refractivity contribution is 6.34. The van der Waals surface area contributed by atoms with Crippen molar-refractivity contribution in [2.45, 2.75) is 6.18 Å². The highest BCUT2D eigenvalue weighted by atomic mass is 35.5. The molecule has 1 aromatic rings. The molecule has 1 aromatic carbocycles. The molecule has 0 saturated carbocycles. The molecule has 0 aliphatic rings. The first-order valence-electron chi connectivity index (χ1n) is 3.59. The fraction of sp³-hybridized carbons (Fsp3) is 0.125. The highest BCUT2D eigenvalue weighted by Crippen LogP contribution is 2.36. The summed E-state index contributed by atoms with van der Waals surface area (Å²) in [5.41, 5.74) is 2.63. The van der Waals surface area contributed by atoms with E-state index >= 15 is 0 Å². The van der Waals surface area contributed by atoms with Gasteiger partial charge in [0.2, 0.25) is 5.91 Å². The first kappa shape index (κ1) is 11.8. The summed E-state index contributed by atoms with van der Waals surface area (Å²) in [6.45, 7) is 0. The molecule has 1 rings (SSSR count). The van der Waals surface area contributed by atoms with Crippen LogP contribution >= 0.6 is 11.6 Å². The molecule has 2 nitrogen and oxygen atoms in total. The van der Waals surface area contributed by atoms with Gasteiger partial charge in [-0.25, -0.2) is 4.39 Å². The largest absolute Gasteiger partial charge is 0.417 e. The van der Waals surface area contributed by atoms with Gasteiger partial charge < -0.3 is 5.73 Å². The minimum absolute atomic E-state index is 0.203. The maximum atomic E-state index is 12.7. The number of primary amides is 1. The van der Waals surface area contributed by atoms with Crippen LogP contribution < -0.4 is 5.73 Å². The summed E-state index contributed by atoms with van der Waals surface area (Å²) in [7, 11) is 0. The second-order valence-corrected chi connectivity index (χ2v) is 3.05. The first-order chi connectivity index (χ1) is 6.73. The Balaban J connectivity index is 3.49. The zero-order valence-electron chi connectivity index (χ0n) is 7.03. The second-order valence-electron chi connectivity index (χ2n) is 2.68. The molecule has 0 saturated heterocycles. The van der Waals surface area contributed by atoms with E-state index in [1.807, 2.05) is 0 Å². The smallest absolute Gasteiger partial charge is 0.366 e. The average Bonchev–Trinajstić information content (AvgIpc) is 2.06. The van der Waals surface area contributed by atoms with Gasteiger partial charge in [0.15, 0.2) is 0 Å². The zero-order chi connectivity index (χ0) is 11.8. The lowest BCUT2D eigenvalue weighted by molar-refractivity contribution is -0.137. The van der Waals surface area contributed by atoms with Crippen molar-refractivity contribution >= 4 is 17.5 Å². The second kappa shape index (κ2) is 3.69. The van der Waals surface area contributed by atoms with Gasteiger partial charge in [-0.2, -0.15) is 13.2 Å². The Hall–Kier alpha value is -1.30. The number of hydrogen-bond acceptors (Lipinski definition) is 1. The van der Waals surface area contributed by atoms with Gasteiger partial charge in [-0.1, -0.05) is 11.6 Å². The highest BCUT2D eigenvalue weighted by Gasteiger charge is 2.35. The minimum atomic E-state index is -4.83. The van der Waals surface area contributed by atoms with Gasteiger partial charge in [0.1, 0.15) is 5.82 Å². The predicted molar refractivity (Wildman–Crippen MR) is 44.9 cm³/mol. The molecule has 0 unspecified atom stereocenters. The predicted octanol–water partition coefficient (Wildman–Crippen LogP) is 2.60. The van der Waals surface area contributed by atoms with Gasteiger partial charge >= 0.3 is 6.18 Å². The summed E-state index contributed by atoms with van der Waals surface area (Å²) >= 11 is 5.27. The van der Waals surface area contributed by atoms with Crippen LogP contribution in [0.2, 0.25) is 5.02 Å². The van der Waals surface area contributed by atoms with E-state index in [9.17, 15) is 22.4 Å². The van der Waals surface area contributed by atoms with E-state index in [4.69, 9.17) is 17.3 Å². The Morgan fingerprint density at radius 2 is 1.87 bits per heavy atom. The van der Waals surface area contributed by atoms with Crippen LogP contribution in [0.25, 0.3) is 0 Å². The fourth-order valence-electron chi connectivity index (χ4n) is 0.975. The van der Waals surface area contributed by atoms with Crippen molar-refractivity contribution in [2.75, 3.05) is 0 Å². The summed E-state index contributed by atoms with van der Waals surface area (Å²) in [5, 5.41) is -0.892. The van der Waals surface area contributed by atoms with Crippen LogP contribution in [0.3, 0.4) is 0 Å². The summed E-state index contributed by atoms with van der Waals surface area (Å²) in [5.74, 6) is -2.44. The summed E-state index contributed by atoms with van der Waals surface area (Å²) < 4.78 is 49.5. The Bertz CT molecular complexity index is 416. The van der Waals surface area contributed by atoms with Crippen LogP contribution in [0.4, 0.5) is 17.6 Å². The van der Waals surface area contributed by atoms with E-state index in [-0.39, 0.29) is 6.07 Å². The lowest BCUT2D eigenvalue weighted by atomic mass is 10.1. The SMILES string of the molecule is NC(=O)c1cc(F)cc(C(F)(F)F)c1Cl. The molecule has 0 heterocycles. The number of alkyl halides is 3. The summed E-state index contributed by atoms with van der Waals surface area (Å²) in [6, 6.07) is 0.759. The molecule has 0 atom stereocenters. The van der Waals surface area contributed by atoms with Gasteiger partial charge in [-0.05, 0) is 12.1 Å². The van der Waals surface area contributed by atoms with E-state index in [1.165, 1.54) is 0 Å². The molecular formula is C8H4ClF4NO. The fourth-order valence-corrected chi connectivity index (χ4v) is 1.28. The molecule has 0 aliphatic carbocycles. The van der Waals surface area contributed by atoms with Crippen molar-refractivity contribution in [3.05, 3.63) is 34.1 Å². The van der Waals surface area contributed by atoms with Gasteiger partial charge in [-0.3, -0.25) is 4.79 Å². The lowest BCUT2D eigenvalue weighted by Gasteiger charge is -2.10. The molecule has 2 N–H and O–H groups in total. The van der Waals surface area contributed by atoms with Crippen molar-refractivity contribution in [2.24, 2.45) is 5.73 Å². The number of carbonyl (C=O) groups is 1. The standard InChI is InChI=1S/C8H4ClF4NO/c9-6-4(7(14)15)1-3(10)2-5(6)8(11,12)13/h1-2H,(H2,14,15). The molecule has 15 heavy (non-hydrogen) atoms. The molecule has 0 bridgehead atoms. The molecule has 0 aliphatic heterocycles. The van der Waals surface area contributed by atoms with Crippen molar-refractivity contribution in [1.82, 2.24) is 0 Å². The number of nitrogens with two attached hydrogens (primary N) is 1. The van der Waals surface area contributed by atoms with Crippen LogP contribution in [0.15, 0.2) is 12.1 Å². The maximum absolute atomic E-state index is 12.7. The van der Waals surface area contributed by atoms with Gasteiger partial charge in [0.25, 0.3) is 0 Å². The van der Waals surface area contributed by atoms with Crippen molar-refractivity contribution in [3.8, 4) is 0 Å². The Morgan fingerprint density at radius 1 is 1.33 bits per heavy atom. The van der Waals surface area contributed by atoms with E-state index in [0.29, 0.717) is 6.07 Å². The topological polar surface area (TPSA) is 43.1 Å². The average molecular weight is 242 g/mol. The van der Waals surface area contributed by atoms with Crippen LogP contribution in [0.5, 0.6) is 0 Å². The van der Waals surface area contributed by atoms with Crippen molar-refractivity contribution in [1.29, 1.82) is 0 Å². The molecule has 82 valence electrons. The molecule has 0 fully saturated rings. The molecule has 1 amide bonds. The van der Waals surface area contributed by atoms with E-state index < -0.39 is 34.1 Å². The number of benzene rings is 1. The quantitative estimate of drug-likeness (QED) is 0.755. The number of halogens is 5. The molecule has 0 radical (unpaired) electrons. The van der Waals surface area contributed by atoms with Crippen LogP contribution in [-0.4, -0.2) is 5.91 Å². The Morgan fingerprint density at radius 3 is 2.27 bits per heavy atom. The summed E-state index contributed by atoms with van der Waals surface area (Å²) in [6.07, 6.45) is -4.83. The van der Waals surface area contributed by atoms with E-state index in [2.05, 4.69) is 0 Å². The van der Waals surface area contributed by atoms with Crippen molar-refractivity contribution in [3.63, 3.8) is 0 Å². The number of amides is 1. The zero-order valence-corrected chi connectivity index (χ0v) is 7.79. The lowest BCUT2D eigenvalue weighted by Crippen LogP contribution is -2.15. The third-order valence-corrected chi connectivity index (χ3v) is 2.02. The van der Waals surface area contributed by atoms with Gasteiger partial charge in [-0.15, -0.1) is 0 Å². The van der Waals surface area contributed by atoms with Gasteiger partial charge in [0, 0.05) is 0 Å². The molecule has 7 heteroatoms. The van der Waals surface area contributed by atoms with E-state index in [0.717, 1.165) is 0 Å². The van der Waals surface area contributed by atoms with Gasteiger partial charge in [0.05, 0.1) is 16.1 Å². The molecular weight excluding hydrogens is 238 g/mol. The van der Waals surface area contributed by atoms with Crippen molar-refractivity contribution < 1.29 is 22.4 Å². The maximum Gasteiger partial charge on any atom is 0.417 e. The molecule has 0 aromatic heterocycles. The van der Waals surface area contributed by atoms with Crippen LogP contribution in [0, 0.1) is 5.82 Å². The third kappa shape index (κ3) is 2.38. The van der Waals surface area contributed by atoms with E-state index in [1.54, 1.807) is 0 Å².